The van der Waals surface area contributed by atoms with E-state index in [4.69, 9.17) is 0 Å². The van der Waals surface area contributed by atoms with E-state index in [1.807, 2.05) is 11.8 Å². The Morgan fingerprint density at radius 1 is 1.00 bits per heavy atom. The molecule has 2 aliphatic rings. The number of hydrogen-bond acceptors (Lipinski definition) is 2. The number of rotatable bonds is 6. The van der Waals surface area contributed by atoms with E-state index in [1.165, 1.54) is 70.8 Å². The fraction of sp³-hybridized carbons (Fsp3) is 1.00. The molecular weight excluding hydrogens is 250 g/mol. The number of hydrogen-bond donors (Lipinski definition) is 1. The van der Waals surface area contributed by atoms with Crippen LogP contribution in [0.5, 0.6) is 0 Å². The lowest BCUT2D eigenvalue weighted by molar-refractivity contribution is 0.150. The molecular formula is C17H33NS. The van der Waals surface area contributed by atoms with Crippen molar-refractivity contribution in [2.75, 3.05) is 12.8 Å². The molecule has 0 aromatic carbocycles. The molecule has 0 aliphatic heterocycles. The fourth-order valence-electron chi connectivity index (χ4n) is 4.13. The van der Waals surface area contributed by atoms with Gasteiger partial charge in [-0.15, -0.1) is 0 Å². The molecule has 3 unspecified atom stereocenters. The van der Waals surface area contributed by atoms with Gasteiger partial charge in [-0.3, -0.25) is 0 Å². The third kappa shape index (κ3) is 4.97. The molecule has 0 amide bonds. The van der Waals surface area contributed by atoms with Gasteiger partial charge in [-0.25, -0.2) is 0 Å². The van der Waals surface area contributed by atoms with Crippen molar-refractivity contribution in [3.8, 4) is 0 Å². The second kappa shape index (κ2) is 8.56. The summed E-state index contributed by atoms with van der Waals surface area (Å²) in [5.74, 6) is 2.04. The molecule has 1 N–H and O–H groups in total. The largest absolute Gasteiger partial charge is 0.314 e. The zero-order valence-corrected chi connectivity index (χ0v) is 13.8. The lowest BCUT2D eigenvalue weighted by Crippen LogP contribution is -2.43. The monoisotopic (exact) mass is 283 g/mol. The molecule has 2 saturated carbocycles. The Labute approximate surface area is 124 Å². The summed E-state index contributed by atoms with van der Waals surface area (Å²) in [6.07, 6.45) is 17.0. The van der Waals surface area contributed by atoms with Crippen molar-refractivity contribution in [2.45, 2.75) is 82.4 Å². The van der Waals surface area contributed by atoms with Crippen molar-refractivity contribution >= 4 is 11.8 Å². The molecule has 0 aromatic rings. The molecule has 2 rings (SSSR count). The van der Waals surface area contributed by atoms with E-state index in [2.05, 4.69) is 18.5 Å². The van der Waals surface area contributed by atoms with Gasteiger partial charge in [0.25, 0.3) is 0 Å². The predicted molar refractivity (Wildman–Crippen MR) is 87.9 cm³/mol. The van der Waals surface area contributed by atoms with Crippen LogP contribution in [-0.4, -0.2) is 24.1 Å². The summed E-state index contributed by atoms with van der Waals surface area (Å²) < 4.78 is 0. The first-order chi connectivity index (χ1) is 9.31. The molecule has 2 fully saturated rings. The average Bonchev–Trinajstić information content (AvgIpc) is 2.48. The van der Waals surface area contributed by atoms with E-state index in [0.29, 0.717) is 0 Å². The van der Waals surface area contributed by atoms with Crippen LogP contribution in [0.25, 0.3) is 0 Å². The molecule has 2 aliphatic carbocycles. The third-order valence-corrected chi connectivity index (χ3v) is 6.47. The zero-order valence-electron chi connectivity index (χ0n) is 13.0. The van der Waals surface area contributed by atoms with E-state index in [9.17, 15) is 0 Å². The SMILES string of the molecule is CSC(C)CCNC1CCCCC1C1CCCCC1. The van der Waals surface area contributed by atoms with E-state index >= 15 is 0 Å². The first-order valence-electron chi connectivity index (χ1n) is 8.57. The summed E-state index contributed by atoms with van der Waals surface area (Å²) in [6.45, 7) is 3.59. The number of nitrogens with one attached hydrogen (secondary N) is 1. The summed E-state index contributed by atoms with van der Waals surface area (Å²) in [7, 11) is 0. The molecule has 0 heterocycles. The van der Waals surface area contributed by atoms with Crippen LogP contribution < -0.4 is 5.32 Å². The summed E-state index contributed by atoms with van der Waals surface area (Å²) in [5, 5.41) is 4.73. The van der Waals surface area contributed by atoms with Gasteiger partial charge in [0.2, 0.25) is 0 Å². The summed E-state index contributed by atoms with van der Waals surface area (Å²) in [4.78, 5) is 0. The fourth-order valence-corrected chi connectivity index (χ4v) is 4.48. The highest BCUT2D eigenvalue weighted by atomic mass is 32.2. The van der Waals surface area contributed by atoms with Crippen molar-refractivity contribution in [3.63, 3.8) is 0 Å². The standard InChI is InChI=1S/C17H33NS/c1-14(19-2)12-13-18-17-11-7-6-10-16(17)15-8-4-3-5-9-15/h14-18H,3-13H2,1-2H3. The van der Waals surface area contributed by atoms with Gasteiger partial charge in [0.1, 0.15) is 0 Å². The summed E-state index contributed by atoms with van der Waals surface area (Å²) >= 11 is 2.00. The minimum atomic E-state index is 0.809. The van der Waals surface area contributed by atoms with E-state index in [-0.39, 0.29) is 0 Å². The van der Waals surface area contributed by atoms with E-state index in [1.54, 1.807) is 0 Å². The average molecular weight is 284 g/mol. The van der Waals surface area contributed by atoms with Gasteiger partial charge >= 0.3 is 0 Å². The topological polar surface area (TPSA) is 12.0 Å². The highest BCUT2D eigenvalue weighted by Gasteiger charge is 2.31. The molecule has 19 heavy (non-hydrogen) atoms. The van der Waals surface area contributed by atoms with Gasteiger partial charge in [0, 0.05) is 11.3 Å². The van der Waals surface area contributed by atoms with Crippen molar-refractivity contribution in [2.24, 2.45) is 11.8 Å². The van der Waals surface area contributed by atoms with Gasteiger partial charge in [-0.1, -0.05) is 51.9 Å². The Morgan fingerprint density at radius 3 is 2.42 bits per heavy atom. The lowest BCUT2D eigenvalue weighted by Gasteiger charge is -2.39. The molecule has 0 saturated heterocycles. The van der Waals surface area contributed by atoms with Crippen molar-refractivity contribution < 1.29 is 0 Å². The summed E-state index contributed by atoms with van der Waals surface area (Å²) in [6, 6.07) is 0.839. The van der Waals surface area contributed by atoms with Gasteiger partial charge in [-0.05, 0) is 43.9 Å². The van der Waals surface area contributed by atoms with E-state index < -0.39 is 0 Å². The van der Waals surface area contributed by atoms with Gasteiger partial charge in [0.15, 0.2) is 0 Å². The molecule has 0 bridgehead atoms. The Hall–Kier alpha value is 0.310. The van der Waals surface area contributed by atoms with Crippen LogP contribution in [-0.2, 0) is 0 Å². The predicted octanol–water partition coefficient (Wildman–Crippen LogP) is 4.86. The maximum absolute atomic E-state index is 3.92. The third-order valence-electron chi connectivity index (χ3n) is 5.43. The van der Waals surface area contributed by atoms with Crippen LogP contribution in [0, 0.1) is 11.8 Å². The highest BCUT2D eigenvalue weighted by molar-refractivity contribution is 7.99. The minimum absolute atomic E-state index is 0.809. The lowest BCUT2D eigenvalue weighted by atomic mass is 9.71. The summed E-state index contributed by atoms with van der Waals surface area (Å²) in [5.41, 5.74) is 0. The Bertz CT molecular complexity index is 237. The van der Waals surface area contributed by atoms with Crippen LogP contribution in [0.4, 0.5) is 0 Å². The minimum Gasteiger partial charge on any atom is -0.314 e. The molecule has 0 radical (unpaired) electrons. The molecule has 0 aromatic heterocycles. The van der Waals surface area contributed by atoms with Gasteiger partial charge < -0.3 is 5.32 Å². The quantitative estimate of drug-likeness (QED) is 0.747. The Kier molecular flexibility index (Phi) is 7.07. The molecule has 3 atom stereocenters. The van der Waals surface area contributed by atoms with Crippen molar-refractivity contribution in [1.82, 2.24) is 5.32 Å². The molecule has 112 valence electrons. The smallest absolute Gasteiger partial charge is 0.00979 e. The van der Waals surface area contributed by atoms with Crippen LogP contribution in [0.3, 0.4) is 0 Å². The van der Waals surface area contributed by atoms with Gasteiger partial charge in [0.05, 0.1) is 0 Å². The second-order valence-corrected chi connectivity index (χ2v) is 8.02. The first-order valence-corrected chi connectivity index (χ1v) is 9.86. The van der Waals surface area contributed by atoms with Gasteiger partial charge in [-0.2, -0.15) is 11.8 Å². The molecule has 2 heteroatoms. The van der Waals surface area contributed by atoms with Crippen molar-refractivity contribution in [1.29, 1.82) is 0 Å². The van der Waals surface area contributed by atoms with Crippen LogP contribution >= 0.6 is 11.8 Å². The molecule has 1 nitrogen and oxygen atoms in total. The zero-order chi connectivity index (χ0) is 13.5. The van der Waals surface area contributed by atoms with Crippen LogP contribution in [0.1, 0.15) is 71.1 Å². The molecule has 0 spiro atoms. The maximum Gasteiger partial charge on any atom is 0.00979 e. The normalized spacial score (nSPS) is 31.3. The first kappa shape index (κ1) is 15.7. The number of thioether (sulfide) groups is 1. The second-order valence-electron chi connectivity index (χ2n) is 6.74. The van der Waals surface area contributed by atoms with Crippen LogP contribution in [0.2, 0.25) is 0 Å². The highest BCUT2D eigenvalue weighted by Crippen LogP contribution is 2.38. The van der Waals surface area contributed by atoms with E-state index in [0.717, 1.165) is 23.1 Å². The Balaban J connectivity index is 1.78. The maximum atomic E-state index is 3.92. The van der Waals surface area contributed by atoms with Crippen molar-refractivity contribution in [3.05, 3.63) is 0 Å². The van der Waals surface area contributed by atoms with Crippen LogP contribution in [0.15, 0.2) is 0 Å². The Morgan fingerprint density at radius 2 is 1.68 bits per heavy atom.